The summed E-state index contributed by atoms with van der Waals surface area (Å²) in [6, 6.07) is 11.3. The van der Waals surface area contributed by atoms with Crippen LogP contribution in [0.4, 0.5) is 0 Å². The van der Waals surface area contributed by atoms with Gasteiger partial charge >= 0.3 is 5.97 Å². The molecule has 21 heavy (non-hydrogen) atoms. The zero-order valence-electron chi connectivity index (χ0n) is 11.4. The van der Waals surface area contributed by atoms with E-state index in [-0.39, 0.29) is 5.56 Å². The van der Waals surface area contributed by atoms with E-state index in [1.807, 2.05) is 37.3 Å². The minimum atomic E-state index is -1.01. The number of aromatic carboxylic acids is 1. The summed E-state index contributed by atoms with van der Waals surface area (Å²) in [5, 5.41) is 13.6. The second-order valence-corrected chi connectivity index (χ2v) is 4.70. The minimum Gasteiger partial charge on any atom is -0.478 e. The molecule has 5 heteroatoms. The minimum absolute atomic E-state index is 0.156. The quantitative estimate of drug-likeness (QED) is 0.800. The summed E-state index contributed by atoms with van der Waals surface area (Å²) in [4.78, 5) is 15.5. The Kier molecular flexibility index (Phi) is 3.23. The van der Waals surface area contributed by atoms with E-state index >= 15 is 0 Å². The lowest BCUT2D eigenvalue weighted by Gasteiger charge is -2.08. The van der Waals surface area contributed by atoms with Crippen molar-refractivity contribution in [3.8, 4) is 16.9 Å². The van der Waals surface area contributed by atoms with E-state index in [1.165, 1.54) is 6.20 Å². The van der Waals surface area contributed by atoms with Crippen LogP contribution in [-0.2, 0) is 0 Å². The number of carboxylic acid groups (broad SMARTS) is 1. The zero-order chi connectivity index (χ0) is 14.8. The van der Waals surface area contributed by atoms with Gasteiger partial charge in [0.15, 0.2) is 0 Å². The fourth-order valence-electron chi connectivity index (χ4n) is 2.17. The fourth-order valence-corrected chi connectivity index (χ4v) is 2.17. The number of hydrogen-bond acceptors (Lipinski definition) is 3. The maximum atomic E-state index is 11.4. The van der Waals surface area contributed by atoms with Crippen LogP contribution in [0.25, 0.3) is 16.9 Å². The number of benzene rings is 1. The third-order valence-corrected chi connectivity index (χ3v) is 3.21. The van der Waals surface area contributed by atoms with Crippen LogP contribution in [0, 0.1) is 6.92 Å². The van der Waals surface area contributed by atoms with Gasteiger partial charge in [0.05, 0.1) is 17.6 Å². The van der Waals surface area contributed by atoms with Crippen molar-refractivity contribution in [2.45, 2.75) is 6.92 Å². The van der Waals surface area contributed by atoms with Crippen molar-refractivity contribution < 1.29 is 9.90 Å². The summed E-state index contributed by atoms with van der Waals surface area (Å²) < 4.78 is 1.62. The lowest BCUT2D eigenvalue weighted by molar-refractivity contribution is 0.0697. The molecule has 0 aliphatic heterocycles. The molecule has 0 saturated heterocycles. The van der Waals surface area contributed by atoms with Gasteiger partial charge in [0.25, 0.3) is 0 Å². The highest BCUT2D eigenvalue weighted by Gasteiger charge is 2.19. The SMILES string of the molecule is Cc1ccc(-n2ncc(C(=O)O)c2-c2cccnc2)cc1. The van der Waals surface area contributed by atoms with Gasteiger partial charge < -0.3 is 5.11 Å². The Morgan fingerprint density at radius 2 is 1.90 bits per heavy atom. The maximum Gasteiger partial charge on any atom is 0.339 e. The number of nitrogens with zero attached hydrogens (tertiary/aromatic N) is 3. The normalized spacial score (nSPS) is 10.5. The fraction of sp³-hybridized carbons (Fsp3) is 0.0625. The Morgan fingerprint density at radius 1 is 1.14 bits per heavy atom. The second-order valence-electron chi connectivity index (χ2n) is 4.70. The van der Waals surface area contributed by atoms with Crippen molar-refractivity contribution in [3.63, 3.8) is 0 Å². The van der Waals surface area contributed by atoms with Crippen molar-refractivity contribution in [2.24, 2.45) is 0 Å². The molecule has 1 aromatic carbocycles. The molecule has 3 rings (SSSR count). The molecule has 0 fully saturated rings. The molecule has 0 aliphatic carbocycles. The van der Waals surface area contributed by atoms with Crippen LogP contribution in [0.15, 0.2) is 55.0 Å². The van der Waals surface area contributed by atoms with Crippen LogP contribution >= 0.6 is 0 Å². The predicted molar refractivity (Wildman–Crippen MR) is 78.5 cm³/mol. The summed E-state index contributed by atoms with van der Waals surface area (Å²) >= 11 is 0. The number of rotatable bonds is 3. The molecule has 0 unspecified atom stereocenters. The first-order chi connectivity index (χ1) is 10.2. The van der Waals surface area contributed by atoms with Gasteiger partial charge in [-0.15, -0.1) is 0 Å². The first-order valence-corrected chi connectivity index (χ1v) is 6.45. The Bertz CT molecular complexity index is 777. The molecule has 5 nitrogen and oxygen atoms in total. The third-order valence-electron chi connectivity index (χ3n) is 3.21. The lowest BCUT2D eigenvalue weighted by atomic mass is 10.1. The third kappa shape index (κ3) is 2.41. The average Bonchev–Trinajstić information content (AvgIpc) is 2.94. The summed E-state index contributed by atoms with van der Waals surface area (Å²) in [5.41, 5.74) is 3.34. The maximum absolute atomic E-state index is 11.4. The largest absolute Gasteiger partial charge is 0.478 e. The highest BCUT2D eigenvalue weighted by atomic mass is 16.4. The first kappa shape index (κ1) is 13.1. The Labute approximate surface area is 121 Å². The number of aromatic nitrogens is 3. The molecule has 0 bridgehead atoms. The first-order valence-electron chi connectivity index (χ1n) is 6.45. The molecular formula is C16H13N3O2. The summed E-state index contributed by atoms with van der Waals surface area (Å²) in [5.74, 6) is -1.01. The highest BCUT2D eigenvalue weighted by molar-refractivity contribution is 5.95. The van der Waals surface area contributed by atoms with Crippen LogP contribution in [0.1, 0.15) is 15.9 Å². The van der Waals surface area contributed by atoms with Gasteiger partial charge in [0.1, 0.15) is 5.56 Å². The second kappa shape index (κ2) is 5.20. The number of carbonyl (C=O) groups is 1. The number of carboxylic acids is 1. The van der Waals surface area contributed by atoms with Gasteiger partial charge in [0, 0.05) is 18.0 Å². The van der Waals surface area contributed by atoms with Gasteiger partial charge in [-0.2, -0.15) is 5.10 Å². The van der Waals surface area contributed by atoms with Gasteiger partial charge in [0.2, 0.25) is 0 Å². The summed E-state index contributed by atoms with van der Waals surface area (Å²) in [7, 11) is 0. The number of aryl methyl sites for hydroxylation is 1. The van der Waals surface area contributed by atoms with E-state index < -0.39 is 5.97 Å². The average molecular weight is 279 g/mol. The number of pyridine rings is 1. The standard InChI is InChI=1S/C16H13N3O2/c1-11-4-6-13(7-5-11)19-15(12-3-2-8-17-9-12)14(10-18-19)16(20)21/h2-10H,1H3,(H,20,21). The molecule has 0 saturated carbocycles. The van der Waals surface area contributed by atoms with Crippen molar-refractivity contribution in [1.82, 2.24) is 14.8 Å². The van der Waals surface area contributed by atoms with E-state index in [2.05, 4.69) is 10.1 Å². The molecule has 1 N–H and O–H groups in total. The highest BCUT2D eigenvalue weighted by Crippen LogP contribution is 2.26. The number of hydrogen-bond donors (Lipinski definition) is 1. The van der Waals surface area contributed by atoms with E-state index in [4.69, 9.17) is 0 Å². The molecule has 0 amide bonds. The zero-order valence-corrected chi connectivity index (χ0v) is 11.4. The van der Waals surface area contributed by atoms with E-state index in [9.17, 15) is 9.90 Å². The molecule has 2 heterocycles. The van der Waals surface area contributed by atoms with Crippen LogP contribution in [0.5, 0.6) is 0 Å². The van der Waals surface area contributed by atoms with E-state index in [1.54, 1.807) is 23.1 Å². The summed E-state index contributed by atoms with van der Waals surface area (Å²) in [6.45, 7) is 2.00. The van der Waals surface area contributed by atoms with Gasteiger partial charge in [-0.1, -0.05) is 17.7 Å². The van der Waals surface area contributed by atoms with E-state index in [0.717, 1.165) is 11.3 Å². The van der Waals surface area contributed by atoms with Crippen molar-refractivity contribution in [1.29, 1.82) is 0 Å². The molecule has 0 spiro atoms. The van der Waals surface area contributed by atoms with E-state index in [0.29, 0.717) is 11.3 Å². The van der Waals surface area contributed by atoms with Crippen LogP contribution in [0.2, 0.25) is 0 Å². The molecular weight excluding hydrogens is 266 g/mol. The smallest absolute Gasteiger partial charge is 0.339 e. The van der Waals surface area contributed by atoms with Crippen molar-refractivity contribution in [3.05, 3.63) is 66.1 Å². The molecule has 0 aliphatic rings. The molecule has 3 aromatic rings. The Balaban J connectivity index is 2.22. The monoisotopic (exact) mass is 279 g/mol. The molecule has 0 radical (unpaired) electrons. The summed E-state index contributed by atoms with van der Waals surface area (Å²) in [6.07, 6.45) is 4.65. The van der Waals surface area contributed by atoms with Crippen LogP contribution < -0.4 is 0 Å². The van der Waals surface area contributed by atoms with Crippen molar-refractivity contribution >= 4 is 5.97 Å². The van der Waals surface area contributed by atoms with Crippen molar-refractivity contribution in [2.75, 3.05) is 0 Å². The molecule has 104 valence electrons. The van der Waals surface area contributed by atoms with Gasteiger partial charge in [-0.3, -0.25) is 4.98 Å². The van der Waals surface area contributed by atoms with Crippen LogP contribution in [-0.4, -0.2) is 25.8 Å². The predicted octanol–water partition coefficient (Wildman–Crippen LogP) is 2.94. The Morgan fingerprint density at radius 3 is 2.52 bits per heavy atom. The topological polar surface area (TPSA) is 68.0 Å². The van der Waals surface area contributed by atoms with Gasteiger partial charge in [-0.05, 0) is 31.2 Å². The van der Waals surface area contributed by atoms with Crippen LogP contribution in [0.3, 0.4) is 0 Å². The lowest BCUT2D eigenvalue weighted by Crippen LogP contribution is -2.03. The molecule has 2 aromatic heterocycles. The Hall–Kier alpha value is -2.95. The van der Waals surface area contributed by atoms with Gasteiger partial charge in [-0.25, -0.2) is 9.48 Å². The molecule has 0 atom stereocenters.